The SMILES string of the molecule is CCCn1cncc1Cn1cc(C(N)CC)nn1. The topological polar surface area (TPSA) is 74.5 Å². The Morgan fingerprint density at radius 3 is 2.94 bits per heavy atom. The molecule has 0 amide bonds. The third-order valence-electron chi connectivity index (χ3n) is 2.96. The maximum atomic E-state index is 5.93. The number of aryl methyl sites for hydroxylation is 1. The van der Waals surface area contributed by atoms with Gasteiger partial charge in [0.15, 0.2) is 0 Å². The van der Waals surface area contributed by atoms with E-state index in [9.17, 15) is 0 Å². The lowest BCUT2D eigenvalue weighted by Gasteiger charge is -2.06. The summed E-state index contributed by atoms with van der Waals surface area (Å²) in [5.41, 5.74) is 7.91. The highest BCUT2D eigenvalue weighted by molar-refractivity contribution is 5.03. The number of aromatic nitrogens is 5. The Bertz CT molecular complexity index is 486. The monoisotopic (exact) mass is 248 g/mol. The van der Waals surface area contributed by atoms with Gasteiger partial charge in [-0.2, -0.15) is 0 Å². The maximum absolute atomic E-state index is 5.93. The molecule has 18 heavy (non-hydrogen) atoms. The molecule has 2 heterocycles. The Balaban J connectivity index is 2.09. The van der Waals surface area contributed by atoms with Crippen molar-refractivity contribution in [1.29, 1.82) is 0 Å². The minimum Gasteiger partial charge on any atom is -0.333 e. The van der Waals surface area contributed by atoms with Crippen LogP contribution in [-0.2, 0) is 13.1 Å². The van der Waals surface area contributed by atoms with Gasteiger partial charge in [0.05, 0.1) is 42.7 Å². The molecule has 98 valence electrons. The number of rotatable bonds is 6. The first kappa shape index (κ1) is 12.8. The van der Waals surface area contributed by atoms with Crippen molar-refractivity contribution in [2.45, 2.75) is 45.8 Å². The molecule has 0 saturated carbocycles. The van der Waals surface area contributed by atoms with E-state index < -0.39 is 0 Å². The van der Waals surface area contributed by atoms with E-state index in [1.807, 2.05) is 30.3 Å². The van der Waals surface area contributed by atoms with E-state index >= 15 is 0 Å². The lowest BCUT2D eigenvalue weighted by Crippen LogP contribution is -2.09. The first-order chi connectivity index (χ1) is 8.74. The van der Waals surface area contributed by atoms with Gasteiger partial charge in [-0.15, -0.1) is 5.10 Å². The molecular formula is C12H20N6. The molecule has 0 aliphatic carbocycles. The first-order valence-corrected chi connectivity index (χ1v) is 6.39. The minimum atomic E-state index is -0.0284. The fraction of sp³-hybridized carbons (Fsp3) is 0.583. The zero-order valence-electron chi connectivity index (χ0n) is 11.0. The molecule has 0 aliphatic heterocycles. The number of hydrogen-bond acceptors (Lipinski definition) is 4. The predicted molar refractivity (Wildman–Crippen MR) is 68.9 cm³/mol. The molecule has 2 rings (SSSR count). The van der Waals surface area contributed by atoms with Crippen LogP contribution in [0.3, 0.4) is 0 Å². The number of nitrogens with zero attached hydrogens (tertiary/aromatic N) is 5. The van der Waals surface area contributed by atoms with E-state index in [4.69, 9.17) is 5.73 Å². The fourth-order valence-corrected chi connectivity index (χ4v) is 1.86. The van der Waals surface area contributed by atoms with Crippen molar-refractivity contribution < 1.29 is 0 Å². The molecule has 0 radical (unpaired) electrons. The molecule has 2 aromatic rings. The Labute approximate surface area is 107 Å². The average Bonchev–Trinajstić information content (AvgIpc) is 3.00. The van der Waals surface area contributed by atoms with Gasteiger partial charge in [0, 0.05) is 6.54 Å². The van der Waals surface area contributed by atoms with Gasteiger partial charge < -0.3 is 10.3 Å². The minimum absolute atomic E-state index is 0.0284. The third-order valence-corrected chi connectivity index (χ3v) is 2.96. The Morgan fingerprint density at radius 1 is 1.39 bits per heavy atom. The summed E-state index contributed by atoms with van der Waals surface area (Å²) in [6.45, 7) is 5.85. The molecule has 6 nitrogen and oxygen atoms in total. The normalized spacial score (nSPS) is 12.8. The molecule has 1 unspecified atom stereocenters. The summed E-state index contributed by atoms with van der Waals surface area (Å²) in [7, 11) is 0. The summed E-state index contributed by atoms with van der Waals surface area (Å²) in [5, 5.41) is 8.21. The van der Waals surface area contributed by atoms with E-state index in [1.54, 1.807) is 0 Å². The van der Waals surface area contributed by atoms with Crippen LogP contribution in [0, 0.1) is 0 Å². The second kappa shape index (κ2) is 5.77. The molecule has 2 aromatic heterocycles. The number of nitrogens with two attached hydrogens (primary N) is 1. The summed E-state index contributed by atoms with van der Waals surface area (Å²) in [6, 6.07) is -0.0284. The largest absolute Gasteiger partial charge is 0.333 e. The van der Waals surface area contributed by atoms with Gasteiger partial charge in [-0.05, 0) is 12.8 Å². The molecule has 0 spiro atoms. The Morgan fingerprint density at radius 2 is 2.22 bits per heavy atom. The van der Waals surface area contributed by atoms with Crippen LogP contribution in [0.4, 0.5) is 0 Å². The van der Waals surface area contributed by atoms with Crippen LogP contribution in [0.1, 0.15) is 44.1 Å². The zero-order chi connectivity index (χ0) is 13.0. The van der Waals surface area contributed by atoms with Crippen molar-refractivity contribution in [3.05, 3.63) is 30.1 Å². The van der Waals surface area contributed by atoms with Crippen molar-refractivity contribution in [2.75, 3.05) is 0 Å². The van der Waals surface area contributed by atoms with Crippen LogP contribution in [-0.4, -0.2) is 24.5 Å². The number of hydrogen-bond donors (Lipinski definition) is 1. The quantitative estimate of drug-likeness (QED) is 0.837. The van der Waals surface area contributed by atoms with Crippen LogP contribution >= 0.6 is 0 Å². The zero-order valence-corrected chi connectivity index (χ0v) is 11.0. The van der Waals surface area contributed by atoms with E-state index in [0.29, 0.717) is 6.54 Å². The van der Waals surface area contributed by atoms with Gasteiger partial charge in [-0.1, -0.05) is 19.1 Å². The Hall–Kier alpha value is -1.69. The lowest BCUT2D eigenvalue weighted by molar-refractivity contribution is 0.583. The highest BCUT2D eigenvalue weighted by Crippen LogP contribution is 2.10. The van der Waals surface area contributed by atoms with E-state index in [2.05, 4.69) is 26.8 Å². The first-order valence-electron chi connectivity index (χ1n) is 6.39. The van der Waals surface area contributed by atoms with Gasteiger partial charge in [-0.25, -0.2) is 9.67 Å². The molecule has 1 atom stereocenters. The second-order valence-corrected chi connectivity index (χ2v) is 4.43. The molecule has 6 heteroatoms. The second-order valence-electron chi connectivity index (χ2n) is 4.43. The van der Waals surface area contributed by atoms with Gasteiger partial charge in [0.1, 0.15) is 0 Å². The molecule has 0 aliphatic rings. The summed E-state index contributed by atoms with van der Waals surface area (Å²) in [4.78, 5) is 4.17. The maximum Gasteiger partial charge on any atom is 0.0994 e. The number of imidazole rings is 1. The van der Waals surface area contributed by atoms with Crippen LogP contribution < -0.4 is 5.73 Å². The van der Waals surface area contributed by atoms with Crippen molar-refractivity contribution >= 4 is 0 Å². The highest BCUT2D eigenvalue weighted by Gasteiger charge is 2.09. The molecular weight excluding hydrogens is 228 g/mol. The molecule has 0 fully saturated rings. The van der Waals surface area contributed by atoms with Crippen molar-refractivity contribution in [2.24, 2.45) is 5.73 Å². The van der Waals surface area contributed by atoms with E-state index in [-0.39, 0.29) is 6.04 Å². The van der Waals surface area contributed by atoms with Crippen molar-refractivity contribution in [3.8, 4) is 0 Å². The fourth-order valence-electron chi connectivity index (χ4n) is 1.86. The molecule has 0 aromatic carbocycles. The summed E-state index contributed by atoms with van der Waals surface area (Å²) in [6.07, 6.45) is 7.60. The predicted octanol–water partition coefficient (Wildman–Crippen LogP) is 1.34. The van der Waals surface area contributed by atoms with Crippen molar-refractivity contribution in [1.82, 2.24) is 24.5 Å². The molecule has 2 N–H and O–H groups in total. The summed E-state index contributed by atoms with van der Waals surface area (Å²) in [5.74, 6) is 0. The molecule has 0 saturated heterocycles. The van der Waals surface area contributed by atoms with Crippen LogP contribution in [0.5, 0.6) is 0 Å². The summed E-state index contributed by atoms with van der Waals surface area (Å²) >= 11 is 0. The van der Waals surface area contributed by atoms with Gasteiger partial charge in [-0.3, -0.25) is 0 Å². The van der Waals surface area contributed by atoms with Crippen molar-refractivity contribution in [3.63, 3.8) is 0 Å². The van der Waals surface area contributed by atoms with Gasteiger partial charge in [0.2, 0.25) is 0 Å². The standard InChI is InChI=1S/C12H20N6/c1-3-5-17-9-14-6-10(17)7-18-8-12(15-16-18)11(13)4-2/h6,8-9,11H,3-5,7,13H2,1-2H3. The highest BCUT2D eigenvalue weighted by atomic mass is 15.4. The van der Waals surface area contributed by atoms with Gasteiger partial charge >= 0.3 is 0 Å². The lowest BCUT2D eigenvalue weighted by atomic mass is 10.2. The Kier molecular flexibility index (Phi) is 4.09. The average molecular weight is 248 g/mol. The third kappa shape index (κ3) is 2.76. The van der Waals surface area contributed by atoms with Gasteiger partial charge in [0.25, 0.3) is 0 Å². The van der Waals surface area contributed by atoms with Crippen LogP contribution in [0.25, 0.3) is 0 Å². The molecule has 0 bridgehead atoms. The van der Waals surface area contributed by atoms with E-state index in [1.165, 1.54) is 0 Å². The van der Waals surface area contributed by atoms with Crippen LogP contribution in [0.2, 0.25) is 0 Å². The summed E-state index contributed by atoms with van der Waals surface area (Å²) < 4.78 is 3.95. The van der Waals surface area contributed by atoms with Crippen LogP contribution in [0.15, 0.2) is 18.7 Å². The van der Waals surface area contributed by atoms with E-state index in [0.717, 1.165) is 30.8 Å². The smallest absolute Gasteiger partial charge is 0.0994 e.